The third-order valence-electron chi connectivity index (χ3n) is 3.68. The summed E-state index contributed by atoms with van der Waals surface area (Å²) < 4.78 is 0. The van der Waals surface area contributed by atoms with Crippen LogP contribution in [0.5, 0.6) is 0 Å². The van der Waals surface area contributed by atoms with Gasteiger partial charge in [0, 0.05) is 25.7 Å². The fraction of sp³-hybridized carbons (Fsp3) is 1.00. The lowest BCUT2D eigenvalue weighted by molar-refractivity contribution is 0.225. The fourth-order valence-corrected chi connectivity index (χ4v) is 2.38. The predicted octanol–water partition coefficient (Wildman–Crippen LogP) is 1.26. The molecule has 0 aliphatic carbocycles. The Morgan fingerprint density at radius 1 is 1.25 bits per heavy atom. The van der Waals surface area contributed by atoms with Gasteiger partial charge in [0.15, 0.2) is 0 Å². The van der Waals surface area contributed by atoms with E-state index in [-0.39, 0.29) is 0 Å². The highest BCUT2D eigenvalue weighted by Gasteiger charge is 2.15. The monoisotopic (exact) mass is 227 g/mol. The summed E-state index contributed by atoms with van der Waals surface area (Å²) in [7, 11) is 4.31. The van der Waals surface area contributed by atoms with Crippen LogP contribution in [0.4, 0.5) is 0 Å². The molecular formula is C13H29N3. The topological polar surface area (TPSA) is 18.5 Å². The van der Waals surface area contributed by atoms with Crippen molar-refractivity contribution in [3.05, 3.63) is 0 Å². The van der Waals surface area contributed by atoms with Crippen molar-refractivity contribution in [2.75, 3.05) is 46.8 Å². The largest absolute Gasteiger partial charge is 0.315 e. The molecule has 0 spiro atoms. The van der Waals surface area contributed by atoms with Gasteiger partial charge in [-0.15, -0.1) is 0 Å². The first kappa shape index (κ1) is 13.9. The molecule has 3 heteroatoms. The minimum Gasteiger partial charge on any atom is -0.315 e. The second kappa shape index (κ2) is 7.25. The molecule has 1 atom stereocenters. The van der Waals surface area contributed by atoms with E-state index >= 15 is 0 Å². The molecule has 1 N–H and O–H groups in total. The Labute approximate surface area is 101 Å². The van der Waals surface area contributed by atoms with Crippen LogP contribution in [-0.2, 0) is 0 Å². The van der Waals surface area contributed by atoms with E-state index in [1.807, 2.05) is 0 Å². The normalized spacial score (nSPS) is 19.9. The zero-order valence-corrected chi connectivity index (χ0v) is 11.5. The molecule has 1 aliphatic rings. The SMILES string of the molecule is CNC(CN(C)CCN1CCCC1)C(C)C. The number of hydrogen-bond acceptors (Lipinski definition) is 3. The average Bonchev–Trinajstić information content (AvgIpc) is 2.75. The molecule has 0 saturated carbocycles. The second-order valence-electron chi connectivity index (χ2n) is 5.45. The van der Waals surface area contributed by atoms with E-state index in [0.717, 1.165) is 6.54 Å². The van der Waals surface area contributed by atoms with Crippen LogP contribution >= 0.6 is 0 Å². The Hall–Kier alpha value is -0.120. The van der Waals surface area contributed by atoms with E-state index in [9.17, 15) is 0 Å². The van der Waals surface area contributed by atoms with Crippen molar-refractivity contribution < 1.29 is 0 Å². The Morgan fingerprint density at radius 3 is 2.38 bits per heavy atom. The van der Waals surface area contributed by atoms with Gasteiger partial charge in [-0.2, -0.15) is 0 Å². The van der Waals surface area contributed by atoms with Gasteiger partial charge in [0.2, 0.25) is 0 Å². The number of nitrogens with one attached hydrogen (secondary N) is 1. The van der Waals surface area contributed by atoms with Crippen LogP contribution in [0, 0.1) is 5.92 Å². The highest BCUT2D eigenvalue weighted by Crippen LogP contribution is 2.07. The minimum atomic E-state index is 0.614. The van der Waals surface area contributed by atoms with Gasteiger partial charge in [-0.3, -0.25) is 0 Å². The number of likely N-dealkylation sites (tertiary alicyclic amines) is 1. The molecule has 1 unspecified atom stereocenters. The smallest absolute Gasteiger partial charge is 0.0214 e. The molecule has 0 aromatic heterocycles. The Balaban J connectivity index is 2.15. The van der Waals surface area contributed by atoms with Gasteiger partial charge in [-0.1, -0.05) is 13.8 Å². The summed E-state index contributed by atoms with van der Waals surface area (Å²) in [5, 5.41) is 3.41. The van der Waals surface area contributed by atoms with Gasteiger partial charge in [-0.25, -0.2) is 0 Å². The summed E-state index contributed by atoms with van der Waals surface area (Å²) in [4.78, 5) is 5.04. The Morgan fingerprint density at radius 2 is 1.88 bits per heavy atom. The zero-order valence-electron chi connectivity index (χ0n) is 11.5. The first-order valence-corrected chi connectivity index (χ1v) is 6.71. The van der Waals surface area contributed by atoms with Crippen molar-refractivity contribution in [3.8, 4) is 0 Å². The number of hydrogen-bond donors (Lipinski definition) is 1. The molecule has 0 radical (unpaired) electrons. The molecule has 1 aliphatic heterocycles. The third-order valence-corrected chi connectivity index (χ3v) is 3.68. The van der Waals surface area contributed by atoms with Crippen molar-refractivity contribution in [2.24, 2.45) is 5.92 Å². The third kappa shape index (κ3) is 4.81. The Bertz CT molecular complexity index is 176. The van der Waals surface area contributed by atoms with Crippen molar-refractivity contribution in [2.45, 2.75) is 32.7 Å². The van der Waals surface area contributed by atoms with Gasteiger partial charge in [-0.05, 0) is 45.9 Å². The molecule has 1 rings (SSSR count). The second-order valence-corrected chi connectivity index (χ2v) is 5.45. The molecule has 96 valence electrons. The molecule has 1 saturated heterocycles. The highest BCUT2D eigenvalue weighted by atomic mass is 15.2. The summed E-state index contributed by atoms with van der Waals surface area (Å²) in [6.07, 6.45) is 2.80. The fourth-order valence-electron chi connectivity index (χ4n) is 2.38. The summed E-state index contributed by atoms with van der Waals surface area (Å²) >= 11 is 0. The van der Waals surface area contributed by atoms with Crippen LogP contribution in [0.1, 0.15) is 26.7 Å². The number of likely N-dealkylation sites (N-methyl/N-ethyl adjacent to an activating group) is 2. The van der Waals surface area contributed by atoms with Crippen molar-refractivity contribution in [1.82, 2.24) is 15.1 Å². The number of rotatable bonds is 7. The highest BCUT2D eigenvalue weighted by molar-refractivity contribution is 4.73. The molecule has 0 aromatic rings. The number of nitrogens with zero attached hydrogens (tertiary/aromatic N) is 2. The van der Waals surface area contributed by atoms with Crippen molar-refractivity contribution in [3.63, 3.8) is 0 Å². The van der Waals surface area contributed by atoms with Crippen LogP contribution in [0.2, 0.25) is 0 Å². The first-order valence-electron chi connectivity index (χ1n) is 6.71. The summed E-state index contributed by atoms with van der Waals surface area (Å²) in [5.41, 5.74) is 0. The van der Waals surface area contributed by atoms with Gasteiger partial charge >= 0.3 is 0 Å². The van der Waals surface area contributed by atoms with Crippen LogP contribution in [0.15, 0.2) is 0 Å². The van der Waals surface area contributed by atoms with E-state index in [2.05, 4.69) is 43.1 Å². The maximum atomic E-state index is 3.41. The lowest BCUT2D eigenvalue weighted by Gasteiger charge is -2.27. The minimum absolute atomic E-state index is 0.614. The van der Waals surface area contributed by atoms with Crippen LogP contribution in [0.25, 0.3) is 0 Å². The van der Waals surface area contributed by atoms with Crippen LogP contribution in [0.3, 0.4) is 0 Å². The van der Waals surface area contributed by atoms with E-state index in [1.165, 1.54) is 39.0 Å². The average molecular weight is 227 g/mol. The lowest BCUT2D eigenvalue weighted by Crippen LogP contribution is -2.43. The van der Waals surface area contributed by atoms with Gasteiger partial charge in [0.05, 0.1) is 0 Å². The van der Waals surface area contributed by atoms with Gasteiger partial charge < -0.3 is 15.1 Å². The van der Waals surface area contributed by atoms with Gasteiger partial charge in [0.1, 0.15) is 0 Å². The van der Waals surface area contributed by atoms with Gasteiger partial charge in [0.25, 0.3) is 0 Å². The zero-order chi connectivity index (χ0) is 12.0. The van der Waals surface area contributed by atoms with E-state index in [1.54, 1.807) is 0 Å². The molecule has 0 bridgehead atoms. The van der Waals surface area contributed by atoms with Crippen LogP contribution in [-0.4, -0.2) is 62.7 Å². The van der Waals surface area contributed by atoms with Crippen LogP contribution < -0.4 is 5.32 Å². The summed E-state index contributed by atoms with van der Waals surface area (Å²) in [6, 6.07) is 0.614. The standard InChI is InChI=1S/C13H29N3/c1-12(2)13(14-3)11-15(4)9-10-16-7-5-6-8-16/h12-14H,5-11H2,1-4H3. The molecule has 1 fully saturated rings. The molecule has 16 heavy (non-hydrogen) atoms. The van der Waals surface area contributed by atoms with E-state index < -0.39 is 0 Å². The van der Waals surface area contributed by atoms with E-state index in [4.69, 9.17) is 0 Å². The lowest BCUT2D eigenvalue weighted by atomic mass is 10.0. The maximum absolute atomic E-state index is 3.41. The molecule has 0 amide bonds. The molecular weight excluding hydrogens is 198 g/mol. The van der Waals surface area contributed by atoms with E-state index in [0.29, 0.717) is 12.0 Å². The quantitative estimate of drug-likeness (QED) is 0.706. The van der Waals surface area contributed by atoms with Crippen molar-refractivity contribution >= 4 is 0 Å². The molecule has 1 heterocycles. The Kier molecular flexibility index (Phi) is 6.32. The first-order chi connectivity index (χ1) is 7.63. The summed E-state index contributed by atoms with van der Waals surface area (Å²) in [6.45, 7) is 10.8. The molecule has 0 aromatic carbocycles. The van der Waals surface area contributed by atoms with Crippen molar-refractivity contribution in [1.29, 1.82) is 0 Å². The maximum Gasteiger partial charge on any atom is 0.0214 e. The molecule has 3 nitrogen and oxygen atoms in total. The predicted molar refractivity (Wildman–Crippen MR) is 70.9 cm³/mol. The summed E-state index contributed by atoms with van der Waals surface area (Å²) in [5.74, 6) is 0.708.